The molecule has 0 unspecified atom stereocenters. The molecule has 4 N–H and O–H groups in total. The minimum atomic E-state index is -0.595. The summed E-state index contributed by atoms with van der Waals surface area (Å²) in [5.41, 5.74) is 5.93. The van der Waals surface area contributed by atoms with Crippen LogP contribution in [-0.4, -0.2) is 46.1 Å². The molecule has 10 nitrogen and oxygen atoms in total. The molecule has 0 saturated carbocycles. The molecule has 0 spiro atoms. The summed E-state index contributed by atoms with van der Waals surface area (Å²) < 4.78 is 1.68. The SMILES string of the molecule is CNC(=O)CNNC(=O)c1cc(Cl)cc(C)c1NC(=O)c1cc(Br)nn1-c1ncccc1Cl. The fraction of sp³-hybridized carbons (Fsp3) is 0.150. The maximum Gasteiger partial charge on any atom is 0.274 e. The molecule has 0 fully saturated rings. The Bertz CT molecular complexity index is 1230. The normalized spacial score (nSPS) is 10.6. The number of likely N-dealkylation sites (N-methyl/N-ethyl adjacent to an activating group) is 1. The maximum atomic E-state index is 13.2. The van der Waals surface area contributed by atoms with Gasteiger partial charge in [0.2, 0.25) is 5.91 Å². The predicted octanol–water partition coefficient (Wildman–Crippen LogP) is 2.88. The largest absolute Gasteiger partial charge is 0.358 e. The van der Waals surface area contributed by atoms with Crippen molar-refractivity contribution in [3.05, 3.63) is 68.0 Å². The van der Waals surface area contributed by atoms with E-state index in [-0.39, 0.29) is 35.2 Å². The number of hydrazine groups is 1. The number of benzene rings is 1. The van der Waals surface area contributed by atoms with E-state index in [4.69, 9.17) is 23.2 Å². The summed E-state index contributed by atoms with van der Waals surface area (Å²) >= 11 is 15.6. The van der Waals surface area contributed by atoms with Crippen molar-refractivity contribution in [1.29, 1.82) is 0 Å². The summed E-state index contributed by atoms with van der Waals surface area (Å²) in [7, 11) is 1.47. The number of nitrogens with one attached hydrogen (secondary N) is 4. The van der Waals surface area contributed by atoms with Crippen LogP contribution in [0.2, 0.25) is 10.0 Å². The second-order valence-corrected chi connectivity index (χ2v) is 8.31. The van der Waals surface area contributed by atoms with Crippen LogP contribution in [0.5, 0.6) is 0 Å². The van der Waals surface area contributed by atoms with Crippen molar-refractivity contribution in [2.45, 2.75) is 6.92 Å². The molecule has 2 heterocycles. The van der Waals surface area contributed by atoms with Gasteiger partial charge in [-0.15, -0.1) is 0 Å². The van der Waals surface area contributed by atoms with Crippen LogP contribution in [0, 0.1) is 6.92 Å². The van der Waals surface area contributed by atoms with Gasteiger partial charge in [-0.25, -0.2) is 15.1 Å². The van der Waals surface area contributed by atoms with Crippen molar-refractivity contribution in [3.8, 4) is 5.82 Å². The number of amides is 3. The number of pyridine rings is 1. The summed E-state index contributed by atoms with van der Waals surface area (Å²) in [4.78, 5) is 41.5. The summed E-state index contributed by atoms with van der Waals surface area (Å²) in [6, 6.07) is 7.79. The highest BCUT2D eigenvalue weighted by molar-refractivity contribution is 9.10. The number of carbonyl (C=O) groups is 3. The first-order valence-corrected chi connectivity index (χ1v) is 11.0. The third kappa shape index (κ3) is 5.88. The molecule has 0 aliphatic heterocycles. The Morgan fingerprint density at radius 1 is 1.15 bits per heavy atom. The lowest BCUT2D eigenvalue weighted by atomic mass is 10.1. The Hall–Kier alpha value is -2.99. The van der Waals surface area contributed by atoms with Crippen LogP contribution < -0.4 is 21.5 Å². The van der Waals surface area contributed by atoms with Crippen molar-refractivity contribution < 1.29 is 14.4 Å². The van der Waals surface area contributed by atoms with Crippen LogP contribution in [0.15, 0.2) is 41.1 Å². The second kappa shape index (κ2) is 10.8. The van der Waals surface area contributed by atoms with E-state index in [1.54, 1.807) is 25.1 Å². The highest BCUT2D eigenvalue weighted by atomic mass is 79.9. The van der Waals surface area contributed by atoms with Gasteiger partial charge in [0, 0.05) is 24.3 Å². The molecule has 0 bridgehead atoms. The minimum Gasteiger partial charge on any atom is -0.358 e. The van der Waals surface area contributed by atoms with Crippen LogP contribution in [0.4, 0.5) is 5.69 Å². The Labute approximate surface area is 207 Å². The van der Waals surface area contributed by atoms with E-state index < -0.39 is 11.8 Å². The van der Waals surface area contributed by atoms with Gasteiger partial charge in [-0.05, 0) is 52.7 Å². The summed E-state index contributed by atoms with van der Waals surface area (Å²) in [6.45, 7) is 1.56. The fourth-order valence-electron chi connectivity index (χ4n) is 2.83. The molecular formula is C20H18BrCl2N7O3. The van der Waals surface area contributed by atoms with E-state index in [1.807, 2.05) is 0 Å². The highest BCUT2D eigenvalue weighted by Gasteiger charge is 2.22. The first-order valence-electron chi connectivity index (χ1n) is 9.43. The van der Waals surface area contributed by atoms with Gasteiger partial charge in [0.25, 0.3) is 11.8 Å². The number of halogens is 3. The fourth-order valence-corrected chi connectivity index (χ4v) is 3.68. The van der Waals surface area contributed by atoms with E-state index in [9.17, 15) is 14.4 Å². The van der Waals surface area contributed by atoms with Crippen LogP contribution in [0.25, 0.3) is 5.82 Å². The second-order valence-electron chi connectivity index (χ2n) is 6.65. The lowest BCUT2D eigenvalue weighted by Gasteiger charge is -2.15. The van der Waals surface area contributed by atoms with Gasteiger partial charge in [-0.2, -0.15) is 5.10 Å². The third-order valence-corrected chi connectivity index (χ3v) is 5.27. The van der Waals surface area contributed by atoms with E-state index >= 15 is 0 Å². The standard InChI is InChI=1S/C20H18BrCl2N7O3/c1-10-6-11(22)7-12(19(32)28-26-9-16(31)24-2)17(10)27-20(33)14-8-15(21)29-30(14)18-13(23)4-3-5-25-18/h3-8,26H,9H2,1-2H3,(H,24,31)(H,27,33)(H,28,32). The minimum absolute atomic E-state index is 0.0961. The first kappa shape index (κ1) is 24.6. The van der Waals surface area contributed by atoms with Crippen molar-refractivity contribution in [1.82, 2.24) is 30.9 Å². The first-order chi connectivity index (χ1) is 15.7. The Morgan fingerprint density at radius 3 is 2.61 bits per heavy atom. The number of rotatable bonds is 7. The number of aryl methyl sites for hydroxylation is 1. The average Bonchev–Trinajstić information content (AvgIpc) is 3.16. The van der Waals surface area contributed by atoms with Gasteiger partial charge in [-0.1, -0.05) is 23.2 Å². The number of nitrogens with zero attached hydrogens (tertiary/aromatic N) is 3. The molecular weight excluding hydrogens is 537 g/mol. The van der Waals surface area contributed by atoms with Gasteiger partial charge in [0.1, 0.15) is 10.3 Å². The molecule has 0 aliphatic carbocycles. The van der Waals surface area contributed by atoms with Crippen LogP contribution in [0.1, 0.15) is 26.4 Å². The number of hydrogen-bond acceptors (Lipinski definition) is 6. The monoisotopic (exact) mass is 553 g/mol. The summed E-state index contributed by atoms with van der Waals surface area (Å²) in [5, 5.41) is 10.00. The zero-order chi connectivity index (χ0) is 24.1. The quantitative estimate of drug-likeness (QED) is 0.332. The predicted molar refractivity (Wildman–Crippen MR) is 128 cm³/mol. The van der Waals surface area contributed by atoms with E-state index in [0.717, 1.165) is 0 Å². The Kier molecular flexibility index (Phi) is 8.03. The van der Waals surface area contributed by atoms with E-state index in [0.29, 0.717) is 20.2 Å². The third-order valence-electron chi connectivity index (χ3n) is 4.37. The topological polar surface area (TPSA) is 130 Å². The summed E-state index contributed by atoms with van der Waals surface area (Å²) in [5.74, 6) is -1.22. The van der Waals surface area contributed by atoms with E-state index in [1.165, 1.54) is 30.1 Å². The van der Waals surface area contributed by atoms with Crippen molar-refractivity contribution >= 4 is 62.5 Å². The number of carbonyl (C=O) groups excluding carboxylic acids is 3. The van der Waals surface area contributed by atoms with Gasteiger partial charge in [0.05, 0.1) is 22.8 Å². The summed E-state index contributed by atoms with van der Waals surface area (Å²) in [6.07, 6.45) is 1.52. The van der Waals surface area contributed by atoms with Crippen molar-refractivity contribution in [2.24, 2.45) is 0 Å². The molecule has 0 saturated heterocycles. The molecule has 1 aromatic carbocycles. The van der Waals surface area contributed by atoms with Crippen molar-refractivity contribution in [3.63, 3.8) is 0 Å². The maximum absolute atomic E-state index is 13.2. The molecule has 13 heteroatoms. The molecule has 0 radical (unpaired) electrons. The molecule has 172 valence electrons. The van der Waals surface area contributed by atoms with Crippen LogP contribution in [0.3, 0.4) is 0 Å². The molecule has 0 atom stereocenters. The number of anilines is 1. The molecule has 3 rings (SSSR count). The lowest BCUT2D eigenvalue weighted by Crippen LogP contribution is -2.43. The molecule has 3 amide bonds. The molecule has 3 aromatic rings. The zero-order valence-electron chi connectivity index (χ0n) is 17.4. The number of hydrogen-bond donors (Lipinski definition) is 4. The van der Waals surface area contributed by atoms with Gasteiger partial charge in [-0.3, -0.25) is 19.8 Å². The van der Waals surface area contributed by atoms with Gasteiger partial charge < -0.3 is 10.6 Å². The van der Waals surface area contributed by atoms with Gasteiger partial charge >= 0.3 is 0 Å². The molecule has 0 aliphatic rings. The smallest absolute Gasteiger partial charge is 0.274 e. The Morgan fingerprint density at radius 2 is 1.91 bits per heavy atom. The van der Waals surface area contributed by atoms with Crippen LogP contribution in [-0.2, 0) is 4.79 Å². The Balaban J connectivity index is 1.92. The average molecular weight is 555 g/mol. The molecule has 2 aromatic heterocycles. The van der Waals surface area contributed by atoms with Crippen LogP contribution >= 0.6 is 39.1 Å². The molecule has 33 heavy (non-hydrogen) atoms. The van der Waals surface area contributed by atoms with Crippen molar-refractivity contribution in [2.75, 3.05) is 18.9 Å². The lowest BCUT2D eigenvalue weighted by molar-refractivity contribution is -0.119. The zero-order valence-corrected chi connectivity index (χ0v) is 20.5. The highest BCUT2D eigenvalue weighted by Crippen LogP contribution is 2.27. The number of aromatic nitrogens is 3. The van der Waals surface area contributed by atoms with Gasteiger partial charge in [0.15, 0.2) is 5.82 Å². The van der Waals surface area contributed by atoms with E-state index in [2.05, 4.69) is 47.5 Å².